The van der Waals surface area contributed by atoms with Gasteiger partial charge in [-0.1, -0.05) is 0 Å². The van der Waals surface area contributed by atoms with E-state index in [4.69, 9.17) is 15.5 Å². The number of nitrogens with one attached hydrogen (secondary N) is 2. The topological polar surface area (TPSA) is 118 Å². The summed E-state index contributed by atoms with van der Waals surface area (Å²) in [5.74, 6) is 1.79. The molecule has 1 saturated carbocycles. The molecule has 1 aliphatic carbocycles. The zero-order valence-electron chi connectivity index (χ0n) is 18.3. The highest BCUT2D eigenvalue weighted by atomic mass is 19.1. The van der Waals surface area contributed by atoms with Crippen molar-refractivity contribution in [3.63, 3.8) is 0 Å². The number of rotatable bonds is 4. The maximum atomic E-state index is 14.5. The normalized spacial score (nSPS) is 21.4. The Kier molecular flexibility index (Phi) is 3.98. The Bertz CT molecular complexity index is 1590. The van der Waals surface area contributed by atoms with Crippen molar-refractivity contribution < 1.29 is 9.13 Å². The molecule has 1 aliphatic heterocycles. The van der Waals surface area contributed by atoms with Gasteiger partial charge in [0.15, 0.2) is 5.75 Å². The van der Waals surface area contributed by atoms with Crippen molar-refractivity contribution in [2.45, 2.75) is 6.04 Å². The summed E-state index contributed by atoms with van der Waals surface area (Å²) in [5.41, 5.74) is 9.66. The van der Waals surface area contributed by atoms with E-state index in [1.165, 1.54) is 12.1 Å². The SMILES string of the molecule is CNc1cc(F)cc2c1[nH]c1nc(Oc3cnc4cccnc4c3)nc(N3C[C@@H]4[C@@H](N)[C@@H]4C3)c12. The van der Waals surface area contributed by atoms with Gasteiger partial charge in [0.25, 0.3) is 0 Å². The number of hydrogen-bond acceptors (Lipinski definition) is 8. The van der Waals surface area contributed by atoms with E-state index in [1.54, 1.807) is 25.5 Å². The number of ether oxygens (including phenoxy) is 1. The van der Waals surface area contributed by atoms with Crippen LogP contribution in [0.1, 0.15) is 0 Å². The zero-order chi connectivity index (χ0) is 23.0. The Labute approximate surface area is 193 Å². The first kappa shape index (κ1) is 19.4. The molecule has 1 saturated heterocycles. The van der Waals surface area contributed by atoms with E-state index < -0.39 is 0 Å². The molecule has 1 aromatic carbocycles. The van der Waals surface area contributed by atoms with Crippen LogP contribution in [0.5, 0.6) is 11.8 Å². The van der Waals surface area contributed by atoms with Crippen LogP contribution in [0.4, 0.5) is 15.9 Å². The predicted octanol–water partition coefficient (Wildman–Crippen LogP) is 3.42. The largest absolute Gasteiger partial charge is 0.422 e. The number of pyridine rings is 2. The van der Waals surface area contributed by atoms with Crippen molar-refractivity contribution >= 4 is 44.5 Å². The lowest BCUT2D eigenvalue weighted by Gasteiger charge is -2.21. The van der Waals surface area contributed by atoms with Crippen LogP contribution in [0.15, 0.2) is 42.7 Å². The number of piperidine rings is 1. The molecule has 7 rings (SSSR count). The summed E-state index contributed by atoms with van der Waals surface area (Å²) in [6, 6.07) is 8.94. The summed E-state index contributed by atoms with van der Waals surface area (Å²) >= 11 is 0. The van der Waals surface area contributed by atoms with Crippen LogP contribution in [-0.2, 0) is 0 Å². The number of hydrogen-bond donors (Lipinski definition) is 3. The number of nitrogens with two attached hydrogens (primary N) is 1. The minimum absolute atomic E-state index is 0.183. The summed E-state index contributed by atoms with van der Waals surface area (Å²) in [6.45, 7) is 1.61. The summed E-state index contributed by atoms with van der Waals surface area (Å²) in [7, 11) is 1.76. The average molecular weight is 456 g/mol. The first-order valence-electron chi connectivity index (χ1n) is 11.2. The number of benzene rings is 1. The third-order valence-electron chi connectivity index (χ3n) is 6.95. The molecule has 0 radical (unpaired) electrons. The minimum atomic E-state index is -0.329. The highest BCUT2D eigenvalue weighted by Gasteiger charge is 2.54. The molecular weight excluding hydrogens is 435 g/mol. The van der Waals surface area contributed by atoms with E-state index in [-0.39, 0.29) is 17.9 Å². The van der Waals surface area contributed by atoms with Gasteiger partial charge in [-0.25, -0.2) is 4.39 Å². The number of H-pyrrole nitrogens is 1. The van der Waals surface area contributed by atoms with Crippen LogP contribution in [0.2, 0.25) is 0 Å². The van der Waals surface area contributed by atoms with Gasteiger partial charge in [-0.15, -0.1) is 0 Å². The third kappa shape index (κ3) is 2.88. The van der Waals surface area contributed by atoms with Crippen molar-refractivity contribution in [2.75, 3.05) is 30.4 Å². The fourth-order valence-electron chi connectivity index (χ4n) is 5.14. The molecule has 5 aromatic rings. The molecule has 2 fully saturated rings. The van der Waals surface area contributed by atoms with E-state index >= 15 is 0 Å². The van der Waals surface area contributed by atoms with Gasteiger partial charge >= 0.3 is 6.01 Å². The third-order valence-corrected chi connectivity index (χ3v) is 6.95. The lowest BCUT2D eigenvalue weighted by Crippen LogP contribution is -2.29. The van der Waals surface area contributed by atoms with E-state index in [0.29, 0.717) is 34.7 Å². The summed E-state index contributed by atoms with van der Waals surface area (Å²) < 4.78 is 20.5. The first-order chi connectivity index (χ1) is 16.6. The van der Waals surface area contributed by atoms with E-state index in [0.717, 1.165) is 40.4 Å². The number of aromatic amines is 1. The van der Waals surface area contributed by atoms with Gasteiger partial charge in [-0.2, -0.15) is 9.97 Å². The predicted molar refractivity (Wildman–Crippen MR) is 128 cm³/mol. The molecule has 4 N–H and O–H groups in total. The number of aromatic nitrogens is 5. The molecule has 0 amide bonds. The van der Waals surface area contributed by atoms with Crippen LogP contribution < -0.4 is 20.7 Å². The number of halogens is 1. The Hall–Kier alpha value is -4.05. The summed E-state index contributed by atoms with van der Waals surface area (Å²) in [6.07, 6.45) is 3.34. The van der Waals surface area contributed by atoms with Crippen molar-refractivity contribution in [1.29, 1.82) is 0 Å². The maximum Gasteiger partial charge on any atom is 0.326 e. The molecule has 9 nitrogen and oxygen atoms in total. The first-order valence-corrected chi connectivity index (χ1v) is 11.2. The van der Waals surface area contributed by atoms with Crippen LogP contribution in [0.3, 0.4) is 0 Å². The van der Waals surface area contributed by atoms with E-state index in [9.17, 15) is 4.39 Å². The zero-order valence-corrected chi connectivity index (χ0v) is 18.3. The molecule has 4 aromatic heterocycles. The van der Waals surface area contributed by atoms with Gasteiger partial charge in [-0.3, -0.25) is 9.97 Å². The maximum absolute atomic E-state index is 14.5. The van der Waals surface area contributed by atoms with Gasteiger partial charge in [0.1, 0.15) is 17.3 Å². The molecule has 0 spiro atoms. The smallest absolute Gasteiger partial charge is 0.326 e. The van der Waals surface area contributed by atoms with E-state index in [1.807, 2.05) is 12.1 Å². The Morgan fingerprint density at radius 1 is 1.15 bits per heavy atom. The molecule has 2 aliphatic rings. The van der Waals surface area contributed by atoms with Crippen molar-refractivity contribution in [3.8, 4) is 11.8 Å². The van der Waals surface area contributed by atoms with E-state index in [2.05, 4.69) is 30.2 Å². The van der Waals surface area contributed by atoms with Gasteiger partial charge in [0.2, 0.25) is 0 Å². The highest BCUT2D eigenvalue weighted by molar-refractivity contribution is 6.14. The molecule has 5 heterocycles. The number of anilines is 2. The fraction of sp³-hybridized carbons (Fsp3) is 0.250. The number of fused-ring (bicyclic) bond motifs is 5. The minimum Gasteiger partial charge on any atom is -0.422 e. The quantitative estimate of drug-likeness (QED) is 0.377. The Balaban J connectivity index is 1.39. The van der Waals surface area contributed by atoms with Gasteiger partial charge in [0.05, 0.1) is 33.8 Å². The van der Waals surface area contributed by atoms with Crippen molar-refractivity contribution in [3.05, 3.63) is 48.5 Å². The van der Waals surface area contributed by atoms with Crippen molar-refractivity contribution in [2.24, 2.45) is 17.6 Å². The molecule has 170 valence electrons. The second-order valence-electron chi connectivity index (χ2n) is 8.93. The standard InChI is InChI=1S/C24H21FN8O/c1-27-18-6-11(25)5-13-19-22(30-21(13)18)31-24(32-23(19)33-9-14-15(10-33)20(14)26)34-12-7-17-16(29-8-12)3-2-4-28-17/h2-8,14-15,20,27H,9-10,26H2,1H3,(H,30,31,32)/t14-,15+,20+. The van der Waals surface area contributed by atoms with Crippen LogP contribution >= 0.6 is 0 Å². The van der Waals surface area contributed by atoms with Crippen LogP contribution in [-0.4, -0.2) is 51.1 Å². The van der Waals surface area contributed by atoms with Gasteiger partial charge < -0.3 is 25.7 Å². The highest BCUT2D eigenvalue weighted by Crippen LogP contribution is 2.47. The molecule has 0 unspecified atom stereocenters. The molecule has 34 heavy (non-hydrogen) atoms. The average Bonchev–Trinajstić information content (AvgIpc) is 3.19. The van der Waals surface area contributed by atoms with Crippen molar-refractivity contribution in [1.82, 2.24) is 24.9 Å². The molecular formula is C24H21FN8O. The molecule has 3 atom stereocenters. The lowest BCUT2D eigenvalue weighted by molar-refractivity contribution is 0.442. The number of nitrogens with zero attached hydrogens (tertiary/aromatic N) is 5. The molecule has 10 heteroatoms. The van der Waals surface area contributed by atoms with Gasteiger partial charge in [-0.05, 0) is 36.1 Å². The Morgan fingerprint density at radius 3 is 2.82 bits per heavy atom. The summed E-state index contributed by atoms with van der Waals surface area (Å²) in [5, 5.41) is 4.55. The molecule has 0 bridgehead atoms. The second kappa shape index (κ2) is 6.97. The van der Waals surface area contributed by atoms with Gasteiger partial charge in [0, 0.05) is 43.8 Å². The van der Waals surface area contributed by atoms with Crippen LogP contribution in [0.25, 0.3) is 33.0 Å². The monoisotopic (exact) mass is 456 g/mol. The van der Waals surface area contributed by atoms with Crippen LogP contribution in [0, 0.1) is 17.7 Å². The second-order valence-corrected chi connectivity index (χ2v) is 8.93. The summed E-state index contributed by atoms with van der Waals surface area (Å²) in [4.78, 5) is 23.7. The lowest BCUT2D eigenvalue weighted by atomic mass is 10.1. The fourth-order valence-corrected chi connectivity index (χ4v) is 5.14. The Morgan fingerprint density at radius 2 is 2.00 bits per heavy atom.